The molecule has 1 rings (SSSR count). The largest absolute Gasteiger partial charge is 0.573 e. The van der Waals surface area contributed by atoms with Crippen molar-refractivity contribution in [2.45, 2.75) is 19.7 Å². The van der Waals surface area contributed by atoms with Crippen LogP contribution in [-0.2, 0) is 16.0 Å². The number of aromatic nitrogens is 1. The van der Waals surface area contributed by atoms with Crippen LogP contribution in [0.2, 0.25) is 0 Å². The van der Waals surface area contributed by atoms with Crippen molar-refractivity contribution in [3.05, 3.63) is 25.4 Å². The molecule has 11 heteroatoms. The number of pyridine rings is 1. The summed E-state index contributed by atoms with van der Waals surface area (Å²) in [5.41, 5.74) is -0.321. The van der Waals surface area contributed by atoms with Crippen LogP contribution >= 0.6 is 22.6 Å². The predicted octanol–water partition coefficient (Wildman–Crippen LogP) is 2.60. The summed E-state index contributed by atoms with van der Waals surface area (Å²) in [6.45, 7) is 1.56. The van der Waals surface area contributed by atoms with Gasteiger partial charge >= 0.3 is 18.1 Å². The first-order chi connectivity index (χ1) is 9.64. The highest BCUT2D eigenvalue weighted by Gasteiger charge is 2.34. The molecule has 0 saturated heterocycles. The second-order valence-corrected chi connectivity index (χ2v) is 4.57. The standard InChI is InChI=1S/C10H8F3IN2O5/c1-2-20-7(17)4-5-3-6(21-10(11,12)13)8(14)15-9(5)16(18)19/h3H,2,4H2,1H3. The van der Waals surface area contributed by atoms with Crippen LogP contribution in [0.3, 0.4) is 0 Å². The molecule has 0 aromatic carbocycles. The van der Waals surface area contributed by atoms with E-state index in [9.17, 15) is 28.1 Å². The normalized spacial score (nSPS) is 11.1. The van der Waals surface area contributed by atoms with Crippen LogP contribution in [0.15, 0.2) is 6.07 Å². The Kier molecular flexibility index (Phi) is 5.69. The van der Waals surface area contributed by atoms with Gasteiger partial charge in [0.1, 0.15) is 0 Å². The van der Waals surface area contributed by atoms with Crippen LogP contribution in [0.25, 0.3) is 0 Å². The molecule has 0 unspecified atom stereocenters. The van der Waals surface area contributed by atoms with Gasteiger partial charge in [0.05, 0.1) is 18.6 Å². The van der Waals surface area contributed by atoms with Gasteiger partial charge in [0.2, 0.25) is 0 Å². The number of carbonyl (C=O) groups excluding carboxylic acids is 1. The molecule has 0 aliphatic carbocycles. The maximum atomic E-state index is 12.2. The SMILES string of the molecule is CCOC(=O)Cc1cc(OC(F)(F)F)c(I)nc1[N+](=O)[O-]. The number of halogens is 4. The van der Waals surface area contributed by atoms with E-state index in [-0.39, 0.29) is 15.9 Å². The van der Waals surface area contributed by atoms with E-state index >= 15 is 0 Å². The fourth-order valence-corrected chi connectivity index (χ4v) is 1.85. The number of carbonyl (C=O) groups is 1. The van der Waals surface area contributed by atoms with Gasteiger partial charge in [0, 0.05) is 22.6 Å². The predicted molar refractivity (Wildman–Crippen MR) is 70.6 cm³/mol. The Bertz CT molecular complexity index is 564. The lowest BCUT2D eigenvalue weighted by Crippen LogP contribution is -2.19. The van der Waals surface area contributed by atoms with Crippen molar-refractivity contribution >= 4 is 34.4 Å². The summed E-state index contributed by atoms with van der Waals surface area (Å²) < 4.78 is 44.6. The first-order valence-electron chi connectivity index (χ1n) is 5.39. The Hall–Kier alpha value is -1.66. The zero-order valence-electron chi connectivity index (χ0n) is 10.4. The second-order valence-electron chi connectivity index (χ2n) is 3.55. The van der Waals surface area contributed by atoms with Crippen LogP contribution in [0.1, 0.15) is 12.5 Å². The number of hydrogen-bond acceptors (Lipinski definition) is 6. The zero-order valence-corrected chi connectivity index (χ0v) is 12.6. The van der Waals surface area contributed by atoms with Gasteiger partial charge in [-0.3, -0.25) is 4.79 Å². The molecule has 0 radical (unpaired) electrons. The number of nitro groups is 1. The highest BCUT2D eigenvalue weighted by Crippen LogP contribution is 2.31. The third-order valence-corrected chi connectivity index (χ3v) is 2.81. The van der Waals surface area contributed by atoms with Crippen LogP contribution in [0, 0.1) is 13.8 Å². The Labute approximate surface area is 129 Å². The van der Waals surface area contributed by atoms with E-state index in [0.29, 0.717) is 0 Å². The molecule has 0 aliphatic heterocycles. The number of rotatable bonds is 5. The lowest BCUT2D eigenvalue weighted by molar-refractivity contribution is -0.390. The van der Waals surface area contributed by atoms with Crippen molar-refractivity contribution in [1.82, 2.24) is 4.98 Å². The fraction of sp³-hybridized carbons (Fsp3) is 0.400. The molecule has 0 bridgehead atoms. The van der Waals surface area contributed by atoms with Crippen LogP contribution in [0.5, 0.6) is 5.75 Å². The summed E-state index contributed by atoms with van der Waals surface area (Å²) in [6.07, 6.45) is -5.55. The van der Waals surface area contributed by atoms with Crippen LogP contribution < -0.4 is 4.74 Å². The molecule has 1 heterocycles. The van der Waals surface area contributed by atoms with Crippen LogP contribution in [-0.4, -0.2) is 28.8 Å². The maximum Gasteiger partial charge on any atom is 0.573 e. The molecular formula is C10H8F3IN2O5. The number of esters is 1. The summed E-state index contributed by atoms with van der Waals surface area (Å²) in [4.78, 5) is 24.7. The first-order valence-corrected chi connectivity index (χ1v) is 6.47. The number of ether oxygens (including phenoxy) is 2. The highest BCUT2D eigenvalue weighted by molar-refractivity contribution is 14.1. The Morgan fingerprint density at radius 3 is 2.62 bits per heavy atom. The Morgan fingerprint density at radius 2 is 2.14 bits per heavy atom. The van der Waals surface area contributed by atoms with Gasteiger partial charge in [0.15, 0.2) is 5.75 Å². The van der Waals surface area contributed by atoms with Crippen molar-refractivity contribution in [3.8, 4) is 5.75 Å². The lowest BCUT2D eigenvalue weighted by atomic mass is 10.2. The molecule has 21 heavy (non-hydrogen) atoms. The smallest absolute Gasteiger partial charge is 0.466 e. The van der Waals surface area contributed by atoms with E-state index in [2.05, 4.69) is 14.5 Å². The van der Waals surface area contributed by atoms with Gasteiger partial charge in [-0.25, -0.2) is 0 Å². The van der Waals surface area contributed by atoms with Gasteiger partial charge in [-0.05, 0) is 22.9 Å². The average Bonchev–Trinajstić information content (AvgIpc) is 2.31. The number of hydrogen-bond donors (Lipinski definition) is 0. The average molecular weight is 420 g/mol. The molecule has 0 saturated carbocycles. The molecular weight excluding hydrogens is 412 g/mol. The van der Waals surface area contributed by atoms with E-state index in [0.717, 1.165) is 6.07 Å². The zero-order chi connectivity index (χ0) is 16.2. The van der Waals surface area contributed by atoms with Gasteiger partial charge < -0.3 is 19.6 Å². The first kappa shape index (κ1) is 17.4. The quantitative estimate of drug-likeness (QED) is 0.239. The van der Waals surface area contributed by atoms with Crippen molar-refractivity contribution in [3.63, 3.8) is 0 Å². The topological polar surface area (TPSA) is 91.6 Å². The number of nitrogens with zero attached hydrogens (tertiary/aromatic N) is 2. The summed E-state index contributed by atoms with van der Waals surface area (Å²) in [5, 5.41) is 10.8. The molecule has 7 nitrogen and oxygen atoms in total. The maximum absolute atomic E-state index is 12.2. The van der Waals surface area contributed by atoms with Gasteiger partial charge in [-0.1, -0.05) is 0 Å². The third kappa shape index (κ3) is 5.32. The summed E-state index contributed by atoms with van der Waals surface area (Å²) in [5.74, 6) is -2.25. The summed E-state index contributed by atoms with van der Waals surface area (Å²) in [7, 11) is 0. The van der Waals surface area contributed by atoms with Crippen molar-refractivity contribution in [1.29, 1.82) is 0 Å². The molecule has 1 aromatic heterocycles. The van der Waals surface area contributed by atoms with Crippen molar-refractivity contribution < 1.29 is 32.4 Å². The second kappa shape index (κ2) is 6.87. The number of alkyl halides is 3. The van der Waals surface area contributed by atoms with E-state index in [1.807, 2.05) is 0 Å². The fourth-order valence-electron chi connectivity index (χ4n) is 1.35. The summed E-state index contributed by atoms with van der Waals surface area (Å²) in [6, 6.07) is 0.761. The minimum atomic E-state index is -4.97. The minimum absolute atomic E-state index is 0.0380. The Balaban J connectivity index is 3.21. The van der Waals surface area contributed by atoms with Crippen molar-refractivity contribution in [2.75, 3.05) is 6.61 Å². The molecule has 0 amide bonds. The van der Waals surface area contributed by atoms with Crippen molar-refractivity contribution in [2.24, 2.45) is 0 Å². The van der Waals surface area contributed by atoms with Crippen LogP contribution in [0.4, 0.5) is 19.0 Å². The minimum Gasteiger partial charge on any atom is -0.466 e. The monoisotopic (exact) mass is 420 g/mol. The molecule has 0 spiro atoms. The molecule has 0 fully saturated rings. The van der Waals surface area contributed by atoms with E-state index in [1.165, 1.54) is 29.5 Å². The Morgan fingerprint density at radius 1 is 1.52 bits per heavy atom. The van der Waals surface area contributed by atoms with Gasteiger partial charge in [-0.15, -0.1) is 13.2 Å². The highest BCUT2D eigenvalue weighted by atomic mass is 127. The molecule has 0 aliphatic rings. The van der Waals surface area contributed by atoms with Gasteiger partial charge in [0.25, 0.3) is 3.70 Å². The molecule has 116 valence electrons. The van der Waals surface area contributed by atoms with E-state index < -0.39 is 35.2 Å². The molecule has 1 aromatic rings. The van der Waals surface area contributed by atoms with E-state index in [4.69, 9.17) is 0 Å². The lowest BCUT2D eigenvalue weighted by Gasteiger charge is -2.10. The summed E-state index contributed by atoms with van der Waals surface area (Å²) >= 11 is 1.37. The van der Waals surface area contributed by atoms with Gasteiger partial charge in [-0.2, -0.15) is 0 Å². The molecule has 0 atom stereocenters. The van der Waals surface area contributed by atoms with E-state index in [1.54, 1.807) is 0 Å². The molecule has 0 N–H and O–H groups in total. The third-order valence-electron chi connectivity index (χ3n) is 2.04.